The third-order valence-electron chi connectivity index (χ3n) is 2.46. The summed E-state index contributed by atoms with van der Waals surface area (Å²) in [7, 11) is 0. The van der Waals surface area contributed by atoms with Crippen molar-refractivity contribution in [3.8, 4) is 0 Å². The summed E-state index contributed by atoms with van der Waals surface area (Å²) in [6, 6.07) is 1.81. The lowest BCUT2D eigenvalue weighted by molar-refractivity contribution is 0.510. The van der Waals surface area contributed by atoms with Crippen LogP contribution in [0.1, 0.15) is 0 Å². The topological polar surface area (TPSA) is 34.9 Å². The minimum absolute atomic E-state index is 0.0635. The highest BCUT2D eigenvalue weighted by Gasteiger charge is 2.12. The molecule has 1 aromatic heterocycles. The molecule has 0 amide bonds. The van der Waals surface area contributed by atoms with E-state index >= 15 is 0 Å². The highest BCUT2D eigenvalue weighted by Crippen LogP contribution is 2.18. The Bertz CT molecular complexity index is 682. The van der Waals surface area contributed by atoms with Crippen LogP contribution in [0, 0.1) is 11.6 Å². The number of allylic oxidation sites excluding steroid dienone is 1. The molecule has 18 heavy (non-hydrogen) atoms. The Morgan fingerprint density at radius 2 is 2.11 bits per heavy atom. The van der Waals surface area contributed by atoms with E-state index in [9.17, 15) is 13.6 Å². The molecule has 1 heterocycles. The third-order valence-corrected chi connectivity index (χ3v) is 3.13. The monoisotopic (exact) mass is 268 g/mol. The zero-order valence-electron chi connectivity index (χ0n) is 9.61. The number of hydrogen-bond acceptors (Lipinski definition) is 3. The van der Waals surface area contributed by atoms with E-state index in [-0.39, 0.29) is 17.4 Å². The van der Waals surface area contributed by atoms with Gasteiger partial charge in [-0.25, -0.2) is 13.8 Å². The predicted molar refractivity (Wildman–Crippen MR) is 67.9 cm³/mol. The zero-order chi connectivity index (χ0) is 13.3. The minimum Gasteiger partial charge on any atom is -0.283 e. The van der Waals surface area contributed by atoms with Crippen LogP contribution in [-0.2, 0) is 6.54 Å². The lowest BCUT2D eigenvalue weighted by Crippen LogP contribution is -2.23. The number of aromatic nitrogens is 2. The molecule has 94 valence electrons. The molecule has 0 bridgehead atoms. The van der Waals surface area contributed by atoms with Crippen molar-refractivity contribution < 1.29 is 8.78 Å². The Balaban J connectivity index is 2.86. The summed E-state index contributed by atoms with van der Waals surface area (Å²) in [5, 5.41) is 0.506. The Labute approximate surface area is 106 Å². The average molecular weight is 268 g/mol. The summed E-state index contributed by atoms with van der Waals surface area (Å²) in [5.74, 6) is -2.06. The van der Waals surface area contributed by atoms with Crippen LogP contribution in [-0.4, -0.2) is 15.8 Å². The van der Waals surface area contributed by atoms with Crippen molar-refractivity contribution in [1.82, 2.24) is 9.55 Å². The third kappa shape index (κ3) is 2.03. The number of thioether (sulfide) groups is 1. The number of fused-ring (bicyclic) bond motifs is 1. The van der Waals surface area contributed by atoms with Crippen molar-refractivity contribution in [3.05, 3.63) is 46.8 Å². The molecule has 0 saturated heterocycles. The molecule has 2 rings (SSSR count). The first-order valence-corrected chi connectivity index (χ1v) is 6.35. The molecule has 0 aliphatic rings. The molecule has 0 radical (unpaired) electrons. The summed E-state index contributed by atoms with van der Waals surface area (Å²) in [4.78, 5) is 16.3. The molecule has 0 atom stereocenters. The van der Waals surface area contributed by atoms with E-state index in [1.54, 1.807) is 12.3 Å². The summed E-state index contributed by atoms with van der Waals surface area (Å²) in [6.45, 7) is 3.83. The van der Waals surface area contributed by atoms with Crippen molar-refractivity contribution in [2.75, 3.05) is 6.26 Å². The van der Waals surface area contributed by atoms with Crippen molar-refractivity contribution in [3.63, 3.8) is 0 Å². The van der Waals surface area contributed by atoms with Crippen LogP contribution in [0.4, 0.5) is 8.78 Å². The van der Waals surface area contributed by atoms with Crippen LogP contribution < -0.4 is 5.56 Å². The predicted octanol–water partition coefficient (Wildman–Crippen LogP) is 2.58. The van der Waals surface area contributed by atoms with Crippen LogP contribution in [0.3, 0.4) is 0 Å². The molecular formula is C12H10F2N2OS. The van der Waals surface area contributed by atoms with Gasteiger partial charge in [0.2, 0.25) is 0 Å². The van der Waals surface area contributed by atoms with E-state index in [1.807, 2.05) is 0 Å². The number of hydrogen-bond donors (Lipinski definition) is 0. The van der Waals surface area contributed by atoms with Crippen LogP contribution in [0.15, 0.2) is 34.7 Å². The van der Waals surface area contributed by atoms with Crippen molar-refractivity contribution in [1.29, 1.82) is 0 Å². The van der Waals surface area contributed by atoms with Crippen LogP contribution in [0.5, 0.6) is 0 Å². The largest absolute Gasteiger partial charge is 0.283 e. The minimum atomic E-state index is -1.05. The second kappa shape index (κ2) is 4.89. The van der Waals surface area contributed by atoms with Gasteiger partial charge in [0, 0.05) is 12.6 Å². The molecule has 0 fully saturated rings. The van der Waals surface area contributed by atoms with Crippen molar-refractivity contribution in [2.45, 2.75) is 11.7 Å². The average Bonchev–Trinajstić information content (AvgIpc) is 2.35. The molecular weight excluding hydrogens is 258 g/mol. The SMILES string of the molecule is C=CCn1c(SC)nc2cc(F)c(F)cc2c1=O. The maximum absolute atomic E-state index is 13.2. The fourth-order valence-electron chi connectivity index (χ4n) is 1.64. The molecule has 0 N–H and O–H groups in total. The molecule has 6 heteroatoms. The van der Waals surface area contributed by atoms with E-state index in [1.165, 1.54) is 16.3 Å². The maximum atomic E-state index is 13.2. The Kier molecular flexibility index (Phi) is 3.47. The molecule has 0 saturated carbocycles. The first-order valence-electron chi connectivity index (χ1n) is 5.13. The molecule has 1 aromatic carbocycles. The van der Waals surface area contributed by atoms with E-state index in [4.69, 9.17) is 0 Å². The van der Waals surface area contributed by atoms with E-state index < -0.39 is 17.2 Å². The Hall–Kier alpha value is -1.69. The Morgan fingerprint density at radius 1 is 1.44 bits per heavy atom. The van der Waals surface area contributed by atoms with Gasteiger partial charge in [-0.2, -0.15) is 0 Å². The van der Waals surface area contributed by atoms with Crippen LogP contribution in [0.2, 0.25) is 0 Å². The van der Waals surface area contributed by atoms with Gasteiger partial charge < -0.3 is 0 Å². The number of benzene rings is 1. The molecule has 0 unspecified atom stereocenters. The summed E-state index contributed by atoms with van der Waals surface area (Å²) in [5.41, 5.74) is -0.244. The van der Waals surface area contributed by atoms with Crippen LogP contribution in [0.25, 0.3) is 10.9 Å². The fourth-order valence-corrected chi connectivity index (χ4v) is 2.21. The van der Waals surface area contributed by atoms with Gasteiger partial charge in [0.05, 0.1) is 10.9 Å². The zero-order valence-corrected chi connectivity index (χ0v) is 10.4. The van der Waals surface area contributed by atoms with Gasteiger partial charge in [0.15, 0.2) is 16.8 Å². The molecule has 3 nitrogen and oxygen atoms in total. The summed E-state index contributed by atoms with van der Waals surface area (Å²) < 4.78 is 27.6. The molecule has 0 aliphatic heterocycles. The fraction of sp³-hybridized carbons (Fsp3) is 0.167. The molecule has 0 aliphatic carbocycles. The van der Waals surface area contributed by atoms with Gasteiger partial charge in [-0.1, -0.05) is 17.8 Å². The van der Waals surface area contributed by atoms with Gasteiger partial charge >= 0.3 is 0 Å². The lowest BCUT2D eigenvalue weighted by atomic mass is 10.2. The number of halogens is 2. The van der Waals surface area contributed by atoms with E-state index in [0.29, 0.717) is 5.16 Å². The molecule has 2 aromatic rings. The van der Waals surface area contributed by atoms with Crippen molar-refractivity contribution >= 4 is 22.7 Å². The van der Waals surface area contributed by atoms with Gasteiger partial charge in [0.1, 0.15) is 0 Å². The summed E-state index contributed by atoms with van der Waals surface area (Å²) >= 11 is 1.26. The lowest BCUT2D eigenvalue weighted by Gasteiger charge is -2.09. The van der Waals surface area contributed by atoms with Crippen molar-refractivity contribution in [2.24, 2.45) is 0 Å². The maximum Gasteiger partial charge on any atom is 0.262 e. The van der Waals surface area contributed by atoms with Gasteiger partial charge in [-0.3, -0.25) is 9.36 Å². The number of nitrogens with zero attached hydrogens (tertiary/aromatic N) is 2. The van der Waals surface area contributed by atoms with Crippen LogP contribution >= 0.6 is 11.8 Å². The van der Waals surface area contributed by atoms with Gasteiger partial charge in [0.25, 0.3) is 5.56 Å². The number of rotatable bonds is 3. The smallest absolute Gasteiger partial charge is 0.262 e. The summed E-state index contributed by atoms with van der Waals surface area (Å²) in [6.07, 6.45) is 3.31. The first-order chi connectivity index (χ1) is 8.58. The van der Waals surface area contributed by atoms with E-state index in [2.05, 4.69) is 11.6 Å². The standard InChI is InChI=1S/C12H10F2N2OS/c1-3-4-16-11(17)7-5-8(13)9(14)6-10(7)15-12(16)18-2/h3,5-6H,1,4H2,2H3. The molecule has 0 spiro atoms. The second-order valence-electron chi connectivity index (χ2n) is 3.59. The first kappa shape index (κ1) is 12.8. The second-order valence-corrected chi connectivity index (χ2v) is 4.36. The van der Waals surface area contributed by atoms with Gasteiger partial charge in [-0.05, 0) is 12.3 Å². The highest BCUT2D eigenvalue weighted by molar-refractivity contribution is 7.98. The highest BCUT2D eigenvalue weighted by atomic mass is 32.2. The quantitative estimate of drug-likeness (QED) is 0.487. The van der Waals surface area contributed by atoms with Gasteiger partial charge in [-0.15, -0.1) is 6.58 Å². The normalized spacial score (nSPS) is 10.8. The van der Waals surface area contributed by atoms with E-state index in [0.717, 1.165) is 12.1 Å². The Morgan fingerprint density at radius 3 is 2.72 bits per heavy atom.